The smallest absolute Gasteiger partial charge is 0.344 e. The van der Waals surface area contributed by atoms with Gasteiger partial charge in [-0.3, -0.25) is 9.09 Å². The van der Waals surface area contributed by atoms with E-state index in [1.807, 2.05) is 19.9 Å². The van der Waals surface area contributed by atoms with Crippen molar-refractivity contribution in [3.05, 3.63) is 47.1 Å². The van der Waals surface area contributed by atoms with Crippen LogP contribution in [-0.2, 0) is 24.8 Å². The van der Waals surface area contributed by atoms with Crippen LogP contribution in [0, 0.1) is 5.92 Å². The van der Waals surface area contributed by atoms with Crippen molar-refractivity contribution in [2.24, 2.45) is 5.92 Å². The Morgan fingerprint density at radius 3 is 2.50 bits per heavy atom. The summed E-state index contributed by atoms with van der Waals surface area (Å²) in [4.78, 5) is 25.8. The summed E-state index contributed by atoms with van der Waals surface area (Å²) in [6.45, 7) is 12.4. The fourth-order valence-corrected chi connectivity index (χ4v) is 6.21. The maximum absolute atomic E-state index is 13.4. The van der Waals surface area contributed by atoms with Crippen LogP contribution in [0.3, 0.4) is 0 Å². The average Bonchev–Trinajstić information content (AvgIpc) is 3.61. The van der Waals surface area contributed by atoms with Crippen molar-refractivity contribution in [1.29, 1.82) is 0 Å². The third kappa shape index (κ3) is 8.05. The zero-order valence-corrected chi connectivity index (χ0v) is 24.3. The van der Waals surface area contributed by atoms with Crippen LogP contribution in [0.2, 0.25) is 0 Å². The second-order valence-electron chi connectivity index (χ2n) is 11.0. The summed E-state index contributed by atoms with van der Waals surface area (Å²) in [6, 6.07) is 3.57. The van der Waals surface area contributed by atoms with E-state index in [-0.39, 0.29) is 42.8 Å². The van der Waals surface area contributed by atoms with Gasteiger partial charge in [-0.25, -0.2) is 4.79 Å². The first-order chi connectivity index (χ1) is 18.0. The minimum absolute atomic E-state index is 0.0211. The third-order valence-electron chi connectivity index (χ3n) is 7.53. The molecule has 1 N–H and O–H groups in total. The van der Waals surface area contributed by atoms with Crippen LogP contribution in [0.1, 0.15) is 109 Å². The number of phosphoric acid groups is 1. The highest BCUT2D eigenvalue weighted by Crippen LogP contribution is 2.54. The number of aromatic hydroxyl groups is 1. The Hall–Kier alpha value is -1.92. The molecule has 212 valence electrons. The van der Waals surface area contributed by atoms with Gasteiger partial charge in [0.25, 0.3) is 7.82 Å². The molecule has 38 heavy (non-hydrogen) atoms. The van der Waals surface area contributed by atoms with Crippen molar-refractivity contribution in [1.82, 2.24) is 0 Å². The van der Waals surface area contributed by atoms with E-state index in [4.69, 9.17) is 13.8 Å². The predicted molar refractivity (Wildman–Crippen MR) is 147 cm³/mol. The molecule has 8 heteroatoms. The Kier molecular flexibility index (Phi) is 10.8. The molecule has 3 rings (SSSR count). The van der Waals surface area contributed by atoms with E-state index in [1.165, 1.54) is 5.57 Å². The van der Waals surface area contributed by atoms with Gasteiger partial charge in [-0.1, -0.05) is 63.3 Å². The van der Waals surface area contributed by atoms with Gasteiger partial charge in [0.15, 0.2) is 5.60 Å². The first kappa shape index (κ1) is 30.6. The minimum atomic E-state index is -4.68. The maximum Gasteiger partial charge on any atom is 0.344 e. The lowest BCUT2D eigenvalue weighted by Gasteiger charge is -2.32. The number of benzene rings is 1. The van der Waals surface area contributed by atoms with Crippen LogP contribution in [0.15, 0.2) is 35.9 Å². The molecule has 1 aromatic carbocycles. The molecule has 1 fully saturated rings. The van der Waals surface area contributed by atoms with Crippen molar-refractivity contribution in [2.75, 3.05) is 6.61 Å². The molecule has 0 amide bonds. The number of phosphoric ester groups is 1. The number of aryl methyl sites for hydroxylation is 1. The molecule has 1 unspecified atom stereocenters. The molecule has 0 spiro atoms. The molecular formula is C30H44O7P-. The lowest BCUT2D eigenvalue weighted by molar-refractivity contribution is -0.232. The lowest BCUT2D eigenvalue weighted by Crippen LogP contribution is -2.32. The van der Waals surface area contributed by atoms with Gasteiger partial charge in [0, 0.05) is 11.5 Å². The molecule has 1 aromatic rings. The molecule has 1 saturated carbocycles. The maximum atomic E-state index is 13.4. The van der Waals surface area contributed by atoms with E-state index in [9.17, 15) is 19.4 Å². The van der Waals surface area contributed by atoms with Crippen LogP contribution in [0.5, 0.6) is 11.5 Å². The molecule has 0 aromatic heterocycles. The summed E-state index contributed by atoms with van der Waals surface area (Å²) in [5, 5.41) is 11.2. The Balaban J connectivity index is 1.90. The average molecular weight is 548 g/mol. The molecule has 0 radical (unpaired) electrons. The highest BCUT2D eigenvalue weighted by molar-refractivity contribution is 7.46. The van der Waals surface area contributed by atoms with E-state index in [2.05, 4.69) is 26.5 Å². The summed E-state index contributed by atoms with van der Waals surface area (Å²) in [7, 11) is -4.68. The monoisotopic (exact) mass is 547 g/mol. The topological polar surface area (TPSA) is 105 Å². The van der Waals surface area contributed by atoms with Gasteiger partial charge < -0.3 is 19.3 Å². The number of carbonyl (C=O) groups excluding carboxylic acids is 1. The third-order valence-corrected chi connectivity index (χ3v) is 8.60. The zero-order chi connectivity index (χ0) is 27.9. The lowest BCUT2D eigenvalue weighted by atomic mass is 9.73. The first-order valence-electron chi connectivity index (χ1n) is 14.1. The zero-order valence-electron chi connectivity index (χ0n) is 23.4. The van der Waals surface area contributed by atoms with Crippen molar-refractivity contribution < 1.29 is 33.1 Å². The molecular weight excluding hydrogens is 503 g/mol. The Morgan fingerprint density at radius 1 is 1.18 bits per heavy atom. The standard InChI is InChI=1S/C30H45O7P/c1-6-8-10-12-23-19-26(31)28(25-18-22(5)13-14-24(25)21(3)4)27(20-23)36-29(32)30(15-16-30)37-38(33,34)35-17-11-9-7-2/h18-20,24-25,31H,3,6-17H2,1-2,4-5H3,(H,33,34)/p-1/t24-,25+/m0/s1. The highest BCUT2D eigenvalue weighted by Gasteiger charge is 2.56. The largest absolute Gasteiger partial charge is 0.756 e. The number of hydrogen-bond acceptors (Lipinski definition) is 7. The molecule has 0 aliphatic heterocycles. The summed E-state index contributed by atoms with van der Waals surface area (Å²) >= 11 is 0. The second-order valence-corrected chi connectivity index (χ2v) is 12.3. The number of phenolic OH excluding ortho intramolecular Hbond substituents is 1. The molecule has 0 bridgehead atoms. The minimum Gasteiger partial charge on any atom is -0.756 e. The number of allylic oxidation sites excluding steroid dienone is 3. The Labute approximate surface area is 227 Å². The quantitative estimate of drug-likeness (QED) is 0.0809. The van der Waals surface area contributed by atoms with Gasteiger partial charge in [0.2, 0.25) is 0 Å². The Bertz CT molecular complexity index is 1070. The van der Waals surface area contributed by atoms with Crippen LogP contribution in [0.25, 0.3) is 0 Å². The molecule has 7 nitrogen and oxygen atoms in total. The van der Waals surface area contributed by atoms with E-state index < -0.39 is 19.4 Å². The molecule has 2 aliphatic rings. The summed E-state index contributed by atoms with van der Waals surface area (Å²) in [5.41, 5.74) is 2.01. The van der Waals surface area contributed by atoms with Gasteiger partial charge in [0.05, 0.1) is 6.61 Å². The SMILES string of the molecule is C=C(C)[C@@H]1CCC(C)=C[C@H]1c1c(O)cc(CCCCC)cc1OC(=O)C1(OP(=O)([O-])OCCCCC)CC1. The van der Waals surface area contributed by atoms with E-state index in [0.29, 0.717) is 12.0 Å². The van der Waals surface area contributed by atoms with Crippen molar-refractivity contribution in [3.8, 4) is 11.5 Å². The van der Waals surface area contributed by atoms with Crippen LogP contribution >= 0.6 is 7.82 Å². The van der Waals surface area contributed by atoms with Crippen molar-refractivity contribution in [3.63, 3.8) is 0 Å². The molecule has 0 saturated heterocycles. The number of esters is 1. The van der Waals surface area contributed by atoms with Crippen LogP contribution in [-0.4, -0.2) is 23.3 Å². The normalized spacial score (nSPS) is 21.9. The second kappa shape index (κ2) is 13.4. The van der Waals surface area contributed by atoms with Crippen molar-refractivity contribution >= 4 is 13.8 Å². The van der Waals surface area contributed by atoms with Gasteiger partial charge in [-0.15, -0.1) is 0 Å². The summed E-state index contributed by atoms with van der Waals surface area (Å²) in [6.07, 6.45) is 10.5. The highest BCUT2D eigenvalue weighted by atomic mass is 31.2. The summed E-state index contributed by atoms with van der Waals surface area (Å²) in [5.74, 6) is -0.581. The number of carbonyl (C=O) groups is 1. The molecule has 3 atom stereocenters. The number of rotatable bonds is 15. The fourth-order valence-electron chi connectivity index (χ4n) is 5.12. The number of hydrogen-bond donors (Lipinski definition) is 1. The van der Waals surface area contributed by atoms with Gasteiger partial charge in [-0.05, 0) is 82.4 Å². The Morgan fingerprint density at radius 2 is 1.87 bits per heavy atom. The number of unbranched alkanes of at least 4 members (excludes halogenated alkanes) is 4. The van der Waals surface area contributed by atoms with E-state index in [0.717, 1.165) is 62.5 Å². The fraction of sp³-hybridized carbons (Fsp3) is 0.633. The first-order valence-corrected chi connectivity index (χ1v) is 15.5. The number of ether oxygens (including phenoxy) is 1. The molecule has 0 heterocycles. The van der Waals surface area contributed by atoms with Gasteiger partial charge >= 0.3 is 5.97 Å². The van der Waals surface area contributed by atoms with Crippen LogP contribution in [0.4, 0.5) is 0 Å². The van der Waals surface area contributed by atoms with Crippen LogP contribution < -0.4 is 9.63 Å². The molecule has 2 aliphatic carbocycles. The van der Waals surface area contributed by atoms with Gasteiger partial charge in [-0.2, -0.15) is 0 Å². The van der Waals surface area contributed by atoms with Crippen molar-refractivity contribution in [2.45, 2.75) is 110 Å². The van der Waals surface area contributed by atoms with E-state index in [1.54, 1.807) is 6.07 Å². The number of phenols is 1. The summed E-state index contributed by atoms with van der Waals surface area (Å²) < 4.78 is 28.6. The van der Waals surface area contributed by atoms with E-state index >= 15 is 0 Å². The van der Waals surface area contributed by atoms with Gasteiger partial charge in [0.1, 0.15) is 11.5 Å². The predicted octanol–water partition coefficient (Wildman–Crippen LogP) is 7.27.